The molecular formula is C13H24N4O2S. The summed E-state index contributed by atoms with van der Waals surface area (Å²) in [4.78, 5) is 6.30. The normalized spacial score (nSPS) is 12.3. The summed E-state index contributed by atoms with van der Waals surface area (Å²) in [7, 11) is 0.422. The maximum Gasteiger partial charge on any atom is 0.244 e. The molecule has 0 radical (unpaired) electrons. The minimum Gasteiger partial charge on any atom is -0.325 e. The number of hydrogen-bond acceptors (Lipinski definition) is 5. The van der Waals surface area contributed by atoms with Gasteiger partial charge in [0.1, 0.15) is 4.90 Å². The van der Waals surface area contributed by atoms with E-state index in [2.05, 4.69) is 4.98 Å². The minimum absolute atomic E-state index is 0.116. The average Bonchev–Trinajstić information content (AvgIpc) is 2.43. The highest BCUT2D eigenvalue weighted by Gasteiger charge is 2.25. The van der Waals surface area contributed by atoms with Gasteiger partial charge in [0.15, 0.2) is 0 Å². The van der Waals surface area contributed by atoms with Crippen molar-refractivity contribution >= 4 is 10.0 Å². The smallest absolute Gasteiger partial charge is 0.244 e. The first-order chi connectivity index (χ1) is 9.43. The van der Waals surface area contributed by atoms with Gasteiger partial charge in [-0.1, -0.05) is 6.92 Å². The first kappa shape index (κ1) is 17.0. The van der Waals surface area contributed by atoms with Gasteiger partial charge in [-0.05, 0) is 39.2 Å². The van der Waals surface area contributed by atoms with Gasteiger partial charge in [-0.15, -0.1) is 0 Å². The van der Waals surface area contributed by atoms with Crippen molar-refractivity contribution in [3.05, 3.63) is 24.0 Å². The quantitative estimate of drug-likeness (QED) is 0.756. The molecule has 7 heteroatoms. The first-order valence-corrected chi connectivity index (χ1v) is 8.16. The number of nitrogens with two attached hydrogens (primary N) is 1. The zero-order chi connectivity index (χ0) is 15.2. The lowest BCUT2D eigenvalue weighted by Crippen LogP contribution is -2.34. The molecule has 0 aliphatic heterocycles. The van der Waals surface area contributed by atoms with Crippen LogP contribution in [0.25, 0.3) is 0 Å². The summed E-state index contributed by atoms with van der Waals surface area (Å²) < 4.78 is 26.8. The van der Waals surface area contributed by atoms with Crippen LogP contribution in [-0.2, 0) is 16.6 Å². The van der Waals surface area contributed by atoms with E-state index in [1.807, 2.05) is 25.9 Å². The van der Waals surface area contributed by atoms with Crippen LogP contribution in [-0.4, -0.2) is 56.3 Å². The van der Waals surface area contributed by atoms with Gasteiger partial charge in [-0.2, -0.15) is 4.31 Å². The molecule has 1 heterocycles. The number of hydrogen-bond donors (Lipinski definition) is 1. The zero-order valence-electron chi connectivity index (χ0n) is 12.4. The summed E-state index contributed by atoms with van der Waals surface area (Å²) in [5.41, 5.74) is 5.99. The lowest BCUT2D eigenvalue weighted by molar-refractivity contribution is 0.356. The van der Waals surface area contributed by atoms with Crippen molar-refractivity contribution in [2.75, 3.05) is 33.7 Å². The van der Waals surface area contributed by atoms with Gasteiger partial charge >= 0.3 is 0 Å². The van der Waals surface area contributed by atoms with Crippen LogP contribution in [0.2, 0.25) is 0 Å². The zero-order valence-corrected chi connectivity index (χ0v) is 13.2. The maximum atomic E-state index is 12.6. The number of nitrogens with zero attached hydrogens (tertiary/aromatic N) is 3. The summed E-state index contributed by atoms with van der Waals surface area (Å²) in [6, 6.07) is 3.19. The molecular weight excluding hydrogens is 276 g/mol. The first-order valence-electron chi connectivity index (χ1n) is 6.72. The number of rotatable bonds is 8. The number of aromatic nitrogens is 1. The third-order valence-electron chi connectivity index (χ3n) is 3.03. The summed E-state index contributed by atoms with van der Waals surface area (Å²) in [6.07, 6.45) is 2.35. The van der Waals surface area contributed by atoms with Crippen molar-refractivity contribution in [1.29, 1.82) is 0 Å². The van der Waals surface area contributed by atoms with Crippen molar-refractivity contribution in [1.82, 2.24) is 14.2 Å². The van der Waals surface area contributed by atoms with E-state index in [0.29, 0.717) is 18.8 Å². The van der Waals surface area contributed by atoms with Crippen LogP contribution < -0.4 is 5.73 Å². The van der Waals surface area contributed by atoms with Gasteiger partial charge in [-0.3, -0.25) is 4.98 Å². The fourth-order valence-electron chi connectivity index (χ4n) is 1.96. The van der Waals surface area contributed by atoms with Crippen LogP contribution in [0.5, 0.6) is 0 Å². The van der Waals surface area contributed by atoms with Crippen LogP contribution in [0.15, 0.2) is 23.2 Å². The Morgan fingerprint density at radius 3 is 2.55 bits per heavy atom. The van der Waals surface area contributed by atoms with Gasteiger partial charge in [-0.25, -0.2) is 8.42 Å². The molecule has 0 saturated carbocycles. The van der Waals surface area contributed by atoms with E-state index in [4.69, 9.17) is 5.73 Å². The van der Waals surface area contributed by atoms with E-state index in [9.17, 15) is 8.42 Å². The summed E-state index contributed by atoms with van der Waals surface area (Å²) in [5, 5.41) is 0. The Labute approximate surface area is 121 Å². The summed E-state index contributed by atoms with van der Waals surface area (Å²) in [6.45, 7) is 3.74. The van der Waals surface area contributed by atoms with E-state index < -0.39 is 10.0 Å². The summed E-state index contributed by atoms with van der Waals surface area (Å²) in [5.74, 6) is 0. The van der Waals surface area contributed by atoms with E-state index in [1.165, 1.54) is 4.31 Å². The second kappa shape index (κ2) is 7.68. The predicted molar refractivity (Wildman–Crippen MR) is 79.7 cm³/mol. The van der Waals surface area contributed by atoms with Crippen molar-refractivity contribution < 1.29 is 8.42 Å². The molecule has 6 nitrogen and oxygen atoms in total. The molecule has 0 aliphatic rings. The molecule has 0 aliphatic carbocycles. The van der Waals surface area contributed by atoms with Gasteiger partial charge in [0.05, 0.1) is 5.69 Å². The Hall–Kier alpha value is -1.02. The molecule has 2 N–H and O–H groups in total. The Bertz CT molecular complexity index is 517. The Kier molecular flexibility index (Phi) is 6.54. The lowest BCUT2D eigenvalue weighted by Gasteiger charge is -2.22. The molecule has 0 saturated heterocycles. The van der Waals surface area contributed by atoms with Crippen LogP contribution in [0.1, 0.15) is 19.0 Å². The predicted octanol–water partition coefficient (Wildman–Crippen LogP) is 0.503. The average molecular weight is 300 g/mol. The Morgan fingerprint density at radius 1 is 1.30 bits per heavy atom. The molecule has 0 spiro atoms. The molecule has 0 amide bonds. The van der Waals surface area contributed by atoms with Crippen molar-refractivity contribution in [3.63, 3.8) is 0 Å². The van der Waals surface area contributed by atoms with Crippen molar-refractivity contribution in [2.24, 2.45) is 5.73 Å². The molecule has 0 unspecified atom stereocenters. The number of sulfonamides is 1. The lowest BCUT2D eigenvalue weighted by atomic mass is 10.3. The molecule has 0 aromatic carbocycles. The van der Waals surface area contributed by atoms with E-state index in [1.54, 1.807) is 18.3 Å². The van der Waals surface area contributed by atoms with Crippen LogP contribution in [0.4, 0.5) is 0 Å². The van der Waals surface area contributed by atoms with Crippen molar-refractivity contribution in [2.45, 2.75) is 24.8 Å². The molecule has 1 rings (SSSR count). The Balaban J connectivity index is 2.94. The number of pyridine rings is 1. The molecule has 0 atom stereocenters. The molecule has 114 valence electrons. The molecule has 1 aromatic heterocycles. The molecule has 0 bridgehead atoms. The van der Waals surface area contributed by atoms with Crippen LogP contribution >= 0.6 is 0 Å². The van der Waals surface area contributed by atoms with Crippen molar-refractivity contribution in [3.8, 4) is 0 Å². The minimum atomic E-state index is -3.52. The molecule has 20 heavy (non-hydrogen) atoms. The monoisotopic (exact) mass is 300 g/mol. The highest BCUT2D eigenvalue weighted by Crippen LogP contribution is 2.18. The second-order valence-corrected chi connectivity index (χ2v) is 6.71. The highest BCUT2D eigenvalue weighted by molar-refractivity contribution is 7.89. The topological polar surface area (TPSA) is 79.5 Å². The second-order valence-electron chi connectivity index (χ2n) is 4.81. The van der Waals surface area contributed by atoms with Crippen LogP contribution in [0, 0.1) is 0 Å². The third-order valence-corrected chi connectivity index (χ3v) is 5.07. The maximum absolute atomic E-state index is 12.6. The highest BCUT2D eigenvalue weighted by atomic mass is 32.2. The fraction of sp³-hybridized carbons (Fsp3) is 0.615. The summed E-state index contributed by atoms with van der Waals surface area (Å²) >= 11 is 0. The standard InChI is InChI=1S/C13H24N4O2S/c1-4-17(10-6-9-16(2)3)20(18,19)13-7-5-8-15-12(13)11-14/h5,7-8H,4,6,9-11,14H2,1-3H3. The SMILES string of the molecule is CCN(CCCN(C)C)S(=O)(=O)c1cccnc1CN. The van der Waals surface area contributed by atoms with Gasteiger partial charge < -0.3 is 10.6 Å². The van der Waals surface area contributed by atoms with Gasteiger partial charge in [0.2, 0.25) is 10.0 Å². The van der Waals surface area contributed by atoms with E-state index in [-0.39, 0.29) is 11.4 Å². The fourth-order valence-corrected chi connectivity index (χ4v) is 3.63. The van der Waals surface area contributed by atoms with E-state index >= 15 is 0 Å². The van der Waals surface area contributed by atoms with Gasteiger partial charge in [0.25, 0.3) is 0 Å². The molecule has 1 aromatic rings. The van der Waals surface area contributed by atoms with Gasteiger partial charge in [0, 0.05) is 25.8 Å². The molecule has 0 fully saturated rings. The van der Waals surface area contributed by atoms with Crippen LogP contribution in [0.3, 0.4) is 0 Å². The third kappa shape index (κ3) is 4.24. The largest absolute Gasteiger partial charge is 0.325 e. The Morgan fingerprint density at radius 2 is 2.00 bits per heavy atom. The van der Waals surface area contributed by atoms with E-state index in [0.717, 1.165) is 13.0 Å².